The molecule has 0 aliphatic carbocycles. The van der Waals surface area contributed by atoms with Crippen LogP contribution in [0.25, 0.3) is 0 Å². The number of anilines is 1. The summed E-state index contributed by atoms with van der Waals surface area (Å²) in [6, 6.07) is 11.3. The average molecular weight is 483 g/mol. The Morgan fingerprint density at radius 3 is 2.71 bits per heavy atom. The second kappa shape index (κ2) is 12.7. The van der Waals surface area contributed by atoms with Gasteiger partial charge in [-0.3, -0.25) is 19.5 Å². The molecule has 3 rings (SSSR count). The van der Waals surface area contributed by atoms with Gasteiger partial charge in [-0.25, -0.2) is 0 Å². The molecule has 2 amide bonds. The third-order valence-corrected chi connectivity index (χ3v) is 6.43. The van der Waals surface area contributed by atoms with Crippen LogP contribution < -0.4 is 10.1 Å². The molecule has 0 fully saturated rings. The molecule has 0 saturated heterocycles. The monoisotopic (exact) mass is 482 g/mol. The molecule has 2 aromatic rings. The van der Waals surface area contributed by atoms with Gasteiger partial charge in [0.05, 0.1) is 17.4 Å². The zero-order valence-electron chi connectivity index (χ0n) is 21.5. The molecule has 3 atom stereocenters. The minimum atomic E-state index is -0.167. The number of carbonyl (C=O) groups excluding carboxylic acids is 2. The second-order valence-corrected chi connectivity index (χ2v) is 9.36. The summed E-state index contributed by atoms with van der Waals surface area (Å²) in [5, 5.41) is 2.88. The van der Waals surface area contributed by atoms with Crippen molar-refractivity contribution in [2.24, 2.45) is 5.92 Å². The molecule has 190 valence electrons. The lowest BCUT2D eigenvalue weighted by atomic mass is 10.0. The van der Waals surface area contributed by atoms with Gasteiger partial charge in [0.1, 0.15) is 12.4 Å². The highest BCUT2D eigenvalue weighted by molar-refractivity contribution is 5.99. The largest absolute Gasteiger partial charge is 0.491 e. The summed E-state index contributed by atoms with van der Waals surface area (Å²) in [5.74, 6) is 0.427. The van der Waals surface area contributed by atoms with Crippen molar-refractivity contribution in [2.75, 3.05) is 39.2 Å². The topological polar surface area (TPSA) is 84.0 Å². The number of fused-ring (bicyclic) bond motifs is 1. The summed E-state index contributed by atoms with van der Waals surface area (Å²) in [7, 11) is 3.46. The number of pyridine rings is 1. The molecule has 1 aromatic carbocycles. The van der Waals surface area contributed by atoms with E-state index in [1.807, 2.05) is 31.3 Å². The average Bonchev–Trinajstić information content (AvgIpc) is 2.85. The van der Waals surface area contributed by atoms with Crippen LogP contribution in [-0.4, -0.2) is 72.6 Å². The van der Waals surface area contributed by atoms with Crippen LogP contribution in [0.15, 0.2) is 42.6 Å². The first kappa shape index (κ1) is 26.6. The van der Waals surface area contributed by atoms with Gasteiger partial charge in [0.15, 0.2) is 0 Å². The first-order chi connectivity index (χ1) is 16.8. The quantitative estimate of drug-likeness (QED) is 0.674. The van der Waals surface area contributed by atoms with Crippen LogP contribution in [0.1, 0.15) is 49.7 Å². The van der Waals surface area contributed by atoms with Gasteiger partial charge in [-0.1, -0.05) is 19.9 Å². The number of benzene rings is 1. The minimum Gasteiger partial charge on any atom is -0.491 e. The molecule has 8 nitrogen and oxygen atoms in total. The Balaban J connectivity index is 1.92. The first-order valence-corrected chi connectivity index (χ1v) is 12.3. The molecule has 0 spiro atoms. The lowest BCUT2D eigenvalue weighted by molar-refractivity contribution is -0.116. The Hall–Kier alpha value is -2.97. The lowest BCUT2D eigenvalue weighted by Crippen LogP contribution is -2.46. The number of methoxy groups -OCH3 is 1. The summed E-state index contributed by atoms with van der Waals surface area (Å²) in [4.78, 5) is 34.1. The van der Waals surface area contributed by atoms with Crippen LogP contribution in [0, 0.1) is 5.92 Å². The van der Waals surface area contributed by atoms with Crippen molar-refractivity contribution in [3.63, 3.8) is 0 Å². The Kier molecular flexibility index (Phi) is 9.63. The molecular weight excluding hydrogens is 444 g/mol. The Morgan fingerprint density at radius 2 is 2.03 bits per heavy atom. The maximum atomic E-state index is 13.4. The summed E-state index contributed by atoms with van der Waals surface area (Å²) in [5.41, 5.74) is 2.00. The van der Waals surface area contributed by atoms with E-state index in [1.54, 1.807) is 37.3 Å². The van der Waals surface area contributed by atoms with Crippen LogP contribution in [0.2, 0.25) is 0 Å². The molecule has 35 heavy (non-hydrogen) atoms. The van der Waals surface area contributed by atoms with E-state index in [0.717, 1.165) is 18.7 Å². The van der Waals surface area contributed by atoms with Crippen molar-refractivity contribution in [1.29, 1.82) is 0 Å². The number of nitrogens with zero attached hydrogens (tertiary/aromatic N) is 3. The minimum absolute atomic E-state index is 0.0704. The highest BCUT2D eigenvalue weighted by atomic mass is 16.5. The van der Waals surface area contributed by atoms with Gasteiger partial charge in [0.25, 0.3) is 5.91 Å². The van der Waals surface area contributed by atoms with Crippen molar-refractivity contribution in [1.82, 2.24) is 14.8 Å². The van der Waals surface area contributed by atoms with Gasteiger partial charge in [0, 0.05) is 58.1 Å². The second-order valence-electron chi connectivity index (χ2n) is 9.36. The molecule has 1 N–H and O–H groups in total. The zero-order chi connectivity index (χ0) is 25.4. The molecule has 0 radical (unpaired) electrons. The fraction of sp³-hybridized carbons (Fsp3) is 0.519. The fourth-order valence-corrected chi connectivity index (χ4v) is 4.30. The first-order valence-electron chi connectivity index (χ1n) is 12.3. The number of likely N-dealkylation sites (N-methyl/N-ethyl adjacent to an activating group) is 1. The van der Waals surface area contributed by atoms with Crippen molar-refractivity contribution in [2.45, 2.75) is 52.3 Å². The van der Waals surface area contributed by atoms with Crippen LogP contribution in [-0.2, 0) is 16.1 Å². The van der Waals surface area contributed by atoms with Crippen LogP contribution >= 0.6 is 0 Å². The van der Waals surface area contributed by atoms with Crippen LogP contribution in [0.4, 0.5) is 5.69 Å². The number of carbonyl (C=O) groups is 2. The SMILES string of the molecule is CCCC(=O)Nc1ccc2c(c1)C(=O)N(C)C[C@H](OC)[C@@H](C)CN(Cc1ccccn1)[C@H](C)CO2. The number of ether oxygens (including phenoxy) is 2. The van der Waals surface area contributed by atoms with Gasteiger partial charge in [-0.2, -0.15) is 0 Å². The van der Waals surface area contributed by atoms with E-state index in [4.69, 9.17) is 9.47 Å². The number of aromatic nitrogens is 1. The molecule has 2 heterocycles. The zero-order valence-corrected chi connectivity index (χ0v) is 21.5. The third-order valence-electron chi connectivity index (χ3n) is 6.43. The molecule has 1 aliphatic rings. The van der Waals surface area contributed by atoms with E-state index in [-0.39, 0.29) is 29.9 Å². The summed E-state index contributed by atoms with van der Waals surface area (Å²) in [6.45, 7) is 8.53. The predicted octanol–water partition coefficient (Wildman–Crippen LogP) is 3.83. The van der Waals surface area contributed by atoms with Gasteiger partial charge in [-0.15, -0.1) is 0 Å². The highest BCUT2D eigenvalue weighted by Crippen LogP contribution is 2.27. The summed E-state index contributed by atoms with van der Waals surface area (Å²) in [6.07, 6.45) is 2.85. The van der Waals surface area contributed by atoms with Crippen LogP contribution in [0.3, 0.4) is 0 Å². The van der Waals surface area contributed by atoms with E-state index in [2.05, 4.69) is 29.0 Å². The van der Waals surface area contributed by atoms with E-state index >= 15 is 0 Å². The van der Waals surface area contributed by atoms with E-state index in [9.17, 15) is 9.59 Å². The summed E-state index contributed by atoms with van der Waals surface area (Å²) < 4.78 is 12.0. The Morgan fingerprint density at radius 1 is 1.23 bits per heavy atom. The molecule has 8 heteroatoms. The number of amides is 2. The smallest absolute Gasteiger partial charge is 0.257 e. The molecule has 1 aliphatic heterocycles. The van der Waals surface area contributed by atoms with Crippen molar-refractivity contribution >= 4 is 17.5 Å². The number of nitrogens with one attached hydrogen (secondary N) is 1. The van der Waals surface area contributed by atoms with E-state index in [1.165, 1.54) is 0 Å². The van der Waals surface area contributed by atoms with Gasteiger partial charge in [0.2, 0.25) is 5.91 Å². The van der Waals surface area contributed by atoms with Gasteiger partial charge < -0.3 is 19.7 Å². The van der Waals surface area contributed by atoms with Gasteiger partial charge in [-0.05, 0) is 49.6 Å². The van der Waals surface area contributed by atoms with Crippen molar-refractivity contribution < 1.29 is 19.1 Å². The van der Waals surface area contributed by atoms with Crippen LogP contribution in [0.5, 0.6) is 5.75 Å². The molecule has 0 saturated carbocycles. The number of hydrogen-bond acceptors (Lipinski definition) is 6. The number of hydrogen-bond donors (Lipinski definition) is 1. The fourth-order valence-electron chi connectivity index (χ4n) is 4.30. The Bertz CT molecular complexity index is 984. The van der Waals surface area contributed by atoms with Crippen molar-refractivity contribution in [3.8, 4) is 5.75 Å². The Labute approximate surface area is 208 Å². The maximum Gasteiger partial charge on any atom is 0.257 e. The maximum absolute atomic E-state index is 13.4. The third kappa shape index (κ3) is 7.26. The molecule has 0 bridgehead atoms. The predicted molar refractivity (Wildman–Crippen MR) is 137 cm³/mol. The standard InChI is InChI=1S/C27H38N4O4/c1-6-9-26(32)29-21-11-12-24-23(14-21)27(33)30(4)17-25(34-5)19(2)15-31(20(3)18-35-24)16-22-10-7-8-13-28-22/h7-8,10-14,19-20,25H,6,9,15-18H2,1-5H3,(H,29,32)/t19-,20+,25-/m0/s1. The molecular formula is C27H38N4O4. The lowest BCUT2D eigenvalue weighted by Gasteiger charge is -2.35. The molecule has 0 unspecified atom stereocenters. The van der Waals surface area contributed by atoms with Gasteiger partial charge >= 0.3 is 0 Å². The van der Waals surface area contributed by atoms with E-state index in [0.29, 0.717) is 43.1 Å². The van der Waals surface area contributed by atoms with Crippen molar-refractivity contribution in [3.05, 3.63) is 53.9 Å². The molecule has 1 aromatic heterocycles. The number of rotatable bonds is 6. The normalized spacial score (nSPS) is 21.9. The highest BCUT2D eigenvalue weighted by Gasteiger charge is 2.28. The summed E-state index contributed by atoms with van der Waals surface area (Å²) >= 11 is 0. The van der Waals surface area contributed by atoms with E-state index < -0.39 is 0 Å².